The molecule has 0 saturated heterocycles. The van der Waals surface area contributed by atoms with Gasteiger partial charge in [-0.15, -0.1) is 0 Å². The largest absolute Gasteiger partial charge is 0.460 e. The van der Waals surface area contributed by atoms with Crippen LogP contribution in [-0.2, 0) is 19.2 Å². The smallest absolute Gasteiger partial charge is 0.307 e. The SMILES string of the molecule is CON(C)C(=O)C(CC(=O)OC(C)(C)C)C(C)(C)C. The van der Waals surface area contributed by atoms with Gasteiger partial charge in [-0.2, -0.15) is 0 Å². The number of carbonyl (C=O) groups excluding carboxylic acids is 2. The van der Waals surface area contributed by atoms with Crippen molar-refractivity contribution in [2.75, 3.05) is 14.2 Å². The molecule has 0 spiro atoms. The highest BCUT2D eigenvalue weighted by atomic mass is 16.7. The Labute approximate surface area is 116 Å². The Kier molecular flexibility index (Phi) is 6.00. The van der Waals surface area contributed by atoms with Crippen molar-refractivity contribution in [1.29, 1.82) is 0 Å². The summed E-state index contributed by atoms with van der Waals surface area (Å²) in [6, 6.07) is 0. The average molecular weight is 273 g/mol. The van der Waals surface area contributed by atoms with E-state index in [2.05, 4.69) is 0 Å². The molecule has 0 rings (SSSR count). The zero-order valence-electron chi connectivity index (χ0n) is 13.4. The maximum absolute atomic E-state index is 12.2. The third-order valence-corrected chi connectivity index (χ3v) is 2.72. The van der Waals surface area contributed by atoms with Crippen molar-refractivity contribution < 1.29 is 19.2 Å². The Morgan fingerprint density at radius 3 is 1.89 bits per heavy atom. The number of esters is 1. The zero-order chi connectivity index (χ0) is 15.4. The molecule has 0 saturated carbocycles. The summed E-state index contributed by atoms with van der Waals surface area (Å²) in [5.41, 5.74) is -0.892. The number of nitrogens with zero attached hydrogens (tertiary/aromatic N) is 1. The molecule has 1 atom stereocenters. The highest BCUT2D eigenvalue weighted by Gasteiger charge is 2.36. The number of carbonyl (C=O) groups is 2. The van der Waals surface area contributed by atoms with Crippen molar-refractivity contribution in [1.82, 2.24) is 5.06 Å². The van der Waals surface area contributed by atoms with Crippen molar-refractivity contribution in [3.8, 4) is 0 Å². The van der Waals surface area contributed by atoms with E-state index >= 15 is 0 Å². The molecule has 5 nitrogen and oxygen atoms in total. The van der Waals surface area contributed by atoms with Crippen LogP contribution < -0.4 is 0 Å². The fourth-order valence-electron chi connectivity index (χ4n) is 1.62. The van der Waals surface area contributed by atoms with Crippen LogP contribution in [0, 0.1) is 11.3 Å². The molecule has 0 aliphatic carbocycles. The van der Waals surface area contributed by atoms with E-state index in [1.165, 1.54) is 14.2 Å². The monoisotopic (exact) mass is 273 g/mol. The van der Waals surface area contributed by atoms with Crippen LogP contribution in [0.15, 0.2) is 0 Å². The van der Waals surface area contributed by atoms with Gasteiger partial charge in [0.1, 0.15) is 5.60 Å². The predicted molar refractivity (Wildman–Crippen MR) is 73.2 cm³/mol. The molecule has 1 amide bonds. The first-order valence-corrected chi connectivity index (χ1v) is 6.42. The third-order valence-electron chi connectivity index (χ3n) is 2.72. The van der Waals surface area contributed by atoms with E-state index in [1.807, 2.05) is 20.8 Å². The molecule has 0 fully saturated rings. The van der Waals surface area contributed by atoms with Gasteiger partial charge in [0.15, 0.2) is 0 Å². The van der Waals surface area contributed by atoms with E-state index in [1.54, 1.807) is 20.8 Å². The third kappa shape index (κ3) is 6.57. The maximum atomic E-state index is 12.2. The van der Waals surface area contributed by atoms with Gasteiger partial charge in [0.25, 0.3) is 0 Å². The summed E-state index contributed by atoms with van der Waals surface area (Å²) in [5.74, 6) is -1.07. The Morgan fingerprint density at radius 2 is 1.58 bits per heavy atom. The van der Waals surface area contributed by atoms with Gasteiger partial charge in [-0.05, 0) is 26.2 Å². The standard InChI is InChI=1S/C14H27NO4/c1-13(2,3)10(12(17)15(7)18-8)9-11(16)19-14(4,5)6/h10H,9H2,1-8H3. The summed E-state index contributed by atoms with van der Waals surface area (Å²) < 4.78 is 5.28. The first kappa shape index (κ1) is 17.9. The number of rotatable bonds is 4. The minimum absolute atomic E-state index is 0.0489. The summed E-state index contributed by atoms with van der Waals surface area (Å²) >= 11 is 0. The second-order valence-corrected chi connectivity index (χ2v) is 6.73. The zero-order valence-corrected chi connectivity index (χ0v) is 13.4. The van der Waals surface area contributed by atoms with Gasteiger partial charge < -0.3 is 4.74 Å². The van der Waals surface area contributed by atoms with Crippen LogP contribution in [0.3, 0.4) is 0 Å². The lowest BCUT2D eigenvalue weighted by Crippen LogP contribution is -2.40. The fraction of sp³-hybridized carbons (Fsp3) is 0.857. The van der Waals surface area contributed by atoms with Gasteiger partial charge >= 0.3 is 5.97 Å². The molecule has 0 aromatic heterocycles. The molecule has 112 valence electrons. The first-order valence-electron chi connectivity index (χ1n) is 6.42. The number of ether oxygens (including phenoxy) is 1. The summed E-state index contributed by atoms with van der Waals surface area (Å²) in [6.45, 7) is 11.2. The number of hydrogen-bond donors (Lipinski definition) is 0. The normalized spacial score (nSPS) is 13.9. The molecule has 0 N–H and O–H groups in total. The molecule has 0 aromatic carbocycles. The van der Waals surface area contributed by atoms with Crippen LogP contribution in [-0.4, -0.2) is 36.7 Å². The molecule has 19 heavy (non-hydrogen) atoms. The fourth-order valence-corrected chi connectivity index (χ4v) is 1.62. The molecule has 1 unspecified atom stereocenters. The van der Waals surface area contributed by atoms with Crippen molar-refractivity contribution in [3.63, 3.8) is 0 Å². The molecule has 0 radical (unpaired) electrons. The molecule has 0 heterocycles. The van der Waals surface area contributed by atoms with Gasteiger partial charge in [-0.25, -0.2) is 5.06 Å². The molecular formula is C14H27NO4. The molecule has 0 bridgehead atoms. The Hall–Kier alpha value is -1.10. The van der Waals surface area contributed by atoms with Crippen LogP contribution in [0.25, 0.3) is 0 Å². The molecule has 0 aliphatic rings. The number of hydrogen-bond acceptors (Lipinski definition) is 4. The summed E-state index contributed by atoms with van der Waals surface area (Å²) in [5, 5.41) is 1.15. The van der Waals surface area contributed by atoms with E-state index in [-0.39, 0.29) is 23.7 Å². The lowest BCUT2D eigenvalue weighted by molar-refractivity contribution is -0.180. The van der Waals surface area contributed by atoms with Crippen LogP contribution in [0.1, 0.15) is 48.0 Å². The quantitative estimate of drug-likeness (QED) is 0.583. The van der Waals surface area contributed by atoms with Gasteiger partial charge in [0.2, 0.25) is 5.91 Å². The summed E-state index contributed by atoms with van der Waals surface area (Å²) in [4.78, 5) is 29.0. The average Bonchev–Trinajstić information content (AvgIpc) is 2.19. The highest BCUT2D eigenvalue weighted by molar-refractivity contribution is 5.83. The lowest BCUT2D eigenvalue weighted by atomic mass is 9.78. The molecule has 0 aromatic rings. The first-order chi connectivity index (χ1) is 8.38. The van der Waals surface area contributed by atoms with Gasteiger partial charge in [-0.3, -0.25) is 14.4 Å². The minimum atomic E-state index is -0.546. The van der Waals surface area contributed by atoms with Crippen molar-refractivity contribution >= 4 is 11.9 Å². The Morgan fingerprint density at radius 1 is 1.11 bits per heavy atom. The highest BCUT2D eigenvalue weighted by Crippen LogP contribution is 2.31. The van der Waals surface area contributed by atoms with E-state index in [0.29, 0.717) is 0 Å². The van der Waals surface area contributed by atoms with Gasteiger partial charge in [0, 0.05) is 7.05 Å². The van der Waals surface area contributed by atoms with Crippen molar-refractivity contribution in [2.45, 2.75) is 53.6 Å². The number of hydroxylamine groups is 2. The van der Waals surface area contributed by atoms with E-state index in [9.17, 15) is 9.59 Å². The van der Waals surface area contributed by atoms with Crippen molar-refractivity contribution in [2.24, 2.45) is 11.3 Å². The van der Waals surface area contributed by atoms with Gasteiger partial charge in [0.05, 0.1) is 19.4 Å². The van der Waals surface area contributed by atoms with E-state index in [4.69, 9.17) is 9.57 Å². The number of amides is 1. The predicted octanol–water partition coefficient (Wildman–Crippen LogP) is 2.40. The topological polar surface area (TPSA) is 55.8 Å². The minimum Gasteiger partial charge on any atom is -0.460 e. The summed E-state index contributed by atoms with van der Waals surface area (Å²) in [7, 11) is 2.96. The summed E-state index contributed by atoms with van der Waals surface area (Å²) in [6.07, 6.45) is 0.0489. The Bertz CT molecular complexity index is 325. The van der Waals surface area contributed by atoms with Crippen LogP contribution in [0.5, 0.6) is 0 Å². The van der Waals surface area contributed by atoms with Crippen LogP contribution in [0.4, 0.5) is 0 Å². The Balaban J connectivity index is 4.91. The molecule has 5 heteroatoms. The molecular weight excluding hydrogens is 246 g/mol. The van der Waals surface area contributed by atoms with Crippen molar-refractivity contribution in [3.05, 3.63) is 0 Å². The van der Waals surface area contributed by atoms with Crippen LogP contribution in [0.2, 0.25) is 0 Å². The second-order valence-electron chi connectivity index (χ2n) is 6.73. The lowest BCUT2D eigenvalue weighted by Gasteiger charge is -2.32. The second kappa shape index (κ2) is 6.37. The van der Waals surface area contributed by atoms with E-state index < -0.39 is 11.5 Å². The maximum Gasteiger partial charge on any atom is 0.307 e. The van der Waals surface area contributed by atoms with Crippen LogP contribution >= 0.6 is 0 Å². The van der Waals surface area contributed by atoms with E-state index in [0.717, 1.165) is 5.06 Å². The van der Waals surface area contributed by atoms with Gasteiger partial charge in [-0.1, -0.05) is 20.8 Å². The molecule has 0 aliphatic heterocycles.